The summed E-state index contributed by atoms with van der Waals surface area (Å²) in [5.74, 6) is -0.245. The summed E-state index contributed by atoms with van der Waals surface area (Å²) in [6, 6.07) is 2.00. The number of nitrogens with zero attached hydrogens (tertiary/aromatic N) is 2. The van der Waals surface area contributed by atoms with E-state index in [1.54, 1.807) is 6.20 Å². The number of methoxy groups -OCH3 is 1. The number of nitrogens with one attached hydrogen (secondary N) is 1. The quantitative estimate of drug-likeness (QED) is 0.447. The van der Waals surface area contributed by atoms with Crippen molar-refractivity contribution in [2.24, 2.45) is 7.05 Å². The molecule has 0 aliphatic rings. The Kier molecular flexibility index (Phi) is 6.14. The molecule has 0 aliphatic carbocycles. The van der Waals surface area contributed by atoms with Crippen LogP contribution >= 0.6 is 0 Å². The third kappa shape index (κ3) is 4.33. The third-order valence-electron chi connectivity index (χ3n) is 2.80. The van der Waals surface area contributed by atoms with Crippen LogP contribution in [0.1, 0.15) is 19.0 Å². The summed E-state index contributed by atoms with van der Waals surface area (Å²) in [7, 11) is 3.34. The van der Waals surface area contributed by atoms with Gasteiger partial charge in [-0.25, -0.2) is 4.79 Å². The van der Waals surface area contributed by atoms with Gasteiger partial charge in [-0.3, -0.25) is 4.68 Å². The van der Waals surface area contributed by atoms with Crippen molar-refractivity contribution in [1.82, 2.24) is 15.1 Å². The number of hydrogen-bond acceptors (Lipinski definition) is 4. The molecule has 0 saturated carbocycles. The number of aryl methyl sites for hydroxylation is 1. The number of ether oxygens (including phenoxy) is 1. The lowest BCUT2D eigenvalue weighted by molar-refractivity contribution is -0.136. The number of hydrogen-bond donors (Lipinski definition) is 1. The van der Waals surface area contributed by atoms with Crippen LogP contribution in [0.25, 0.3) is 0 Å². The topological polar surface area (TPSA) is 56.2 Å². The highest BCUT2D eigenvalue weighted by atomic mass is 16.5. The molecule has 1 aromatic heterocycles. The van der Waals surface area contributed by atoms with Crippen molar-refractivity contribution in [3.05, 3.63) is 29.6 Å². The minimum Gasteiger partial charge on any atom is -0.466 e. The average molecular weight is 251 g/mol. The lowest BCUT2D eigenvalue weighted by atomic mass is 10.2. The number of aromatic nitrogens is 2. The van der Waals surface area contributed by atoms with E-state index in [-0.39, 0.29) is 5.97 Å². The summed E-state index contributed by atoms with van der Waals surface area (Å²) < 4.78 is 6.55. The Morgan fingerprint density at radius 1 is 1.61 bits per heavy atom. The first-order valence-electron chi connectivity index (χ1n) is 6.14. The third-order valence-corrected chi connectivity index (χ3v) is 2.80. The summed E-state index contributed by atoms with van der Waals surface area (Å²) in [5, 5.41) is 7.38. The van der Waals surface area contributed by atoms with Crippen LogP contribution in [0.2, 0.25) is 0 Å². The van der Waals surface area contributed by atoms with E-state index in [1.165, 1.54) is 12.8 Å². The monoisotopic (exact) mass is 251 g/mol. The van der Waals surface area contributed by atoms with Gasteiger partial charge in [-0.15, -0.1) is 0 Å². The van der Waals surface area contributed by atoms with Gasteiger partial charge in [-0.2, -0.15) is 5.10 Å². The first kappa shape index (κ1) is 14.4. The Hall–Kier alpha value is -1.62. The fourth-order valence-corrected chi connectivity index (χ4v) is 1.66. The zero-order valence-corrected chi connectivity index (χ0v) is 11.3. The maximum atomic E-state index is 11.3. The molecule has 1 heterocycles. The van der Waals surface area contributed by atoms with E-state index >= 15 is 0 Å². The van der Waals surface area contributed by atoms with Crippen molar-refractivity contribution in [2.75, 3.05) is 20.2 Å². The normalized spacial score (nSPS) is 11.6. The Morgan fingerprint density at radius 3 is 2.94 bits per heavy atom. The van der Waals surface area contributed by atoms with Crippen molar-refractivity contribution >= 4 is 5.97 Å². The molecule has 0 unspecified atom stereocenters. The number of esters is 1. The molecule has 0 radical (unpaired) electrons. The van der Waals surface area contributed by atoms with Gasteiger partial charge >= 0.3 is 5.97 Å². The first-order valence-corrected chi connectivity index (χ1v) is 6.14. The van der Waals surface area contributed by atoms with Crippen molar-refractivity contribution < 1.29 is 9.53 Å². The van der Waals surface area contributed by atoms with E-state index in [9.17, 15) is 4.79 Å². The lowest BCUT2D eigenvalue weighted by Gasteiger charge is -2.05. The molecule has 0 aromatic carbocycles. The summed E-state index contributed by atoms with van der Waals surface area (Å²) in [6.45, 7) is 3.47. The lowest BCUT2D eigenvalue weighted by Crippen LogP contribution is -2.19. The molecule has 1 rings (SSSR count). The molecule has 100 valence electrons. The largest absolute Gasteiger partial charge is 0.466 e. The van der Waals surface area contributed by atoms with Crippen LogP contribution in [-0.2, 0) is 23.0 Å². The molecule has 0 bridgehead atoms. The molecule has 1 aromatic rings. The second kappa shape index (κ2) is 7.66. The Morgan fingerprint density at radius 2 is 2.39 bits per heavy atom. The molecular weight excluding hydrogens is 230 g/mol. The maximum absolute atomic E-state index is 11.3. The Labute approximate surface area is 108 Å². The van der Waals surface area contributed by atoms with Crippen LogP contribution in [0.4, 0.5) is 0 Å². The minimum absolute atomic E-state index is 0.245. The molecule has 5 heteroatoms. The maximum Gasteiger partial charge on any atom is 0.333 e. The van der Waals surface area contributed by atoms with Crippen LogP contribution in [-0.4, -0.2) is 35.9 Å². The smallest absolute Gasteiger partial charge is 0.333 e. The van der Waals surface area contributed by atoms with Crippen LogP contribution < -0.4 is 5.32 Å². The fraction of sp³-hybridized carbons (Fsp3) is 0.538. The minimum atomic E-state index is -0.245. The van der Waals surface area contributed by atoms with E-state index in [0.717, 1.165) is 13.0 Å². The number of rotatable bonds is 7. The molecule has 18 heavy (non-hydrogen) atoms. The van der Waals surface area contributed by atoms with Crippen molar-refractivity contribution in [2.45, 2.75) is 19.8 Å². The second-order valence-electron chi connectivity index (χ2n) is 3.97. The SMILES string of the molecule is CCC(=CCNCCc1ccnn1C)C(=O)OC. The Balaban J connectivity index is 2.27. The van der Waals surface area contributed by atoms with Gasteiger partial charge in [0.2, 0.25) is 0 Å². The van der Waals surface area contributed by atoms with Crippen LogP contribution in [0.15, 0.2) is 23.9 Å². The number of carbonyl (C=O) groups excluding carboxylic acids is 1. The van der Waals surface area contributed by atoms with Gasteiger partial charge in [0.15, 0.2) is 0 Å². The molecular formula is C13H21N3O2. The zero-order chi connectivity index (χ0) is 13.4. The van der Waals surface area contributed by atoms with Crippen LogP contribution in [0, 0.1) is 0 Å². The first-order chi connectivity index (χ1) is 8.69. The Bertz CT molecular complexity index is 410. The van der Waals surface area contributed by atoms with Gasteiger partial charge in [-0.1, -0.05) is 13.0 Å². The van der Waals surface area contributed by atoms with Gasteiger partial charge in [0.1, 0.15) is 0 Å². The van der Waals surface area contributed by atoms with E-state index in [2.05, 4.69) is 15.2 Å². The zero-order valence-electron chi connectivity index (χ0n) is 11.3. The predicted molar refractivity (Wildman–Crippen MR) is 70.2 cm³/mol. The fourth-order valence-electron chi connectivity index (χ4n) is 1.66. The van der Waals surface area contributed by atoms with E-state index in [0.29, 0.717) is 18.5 Å². The highest BCUT2D eigenvalue weighted by molar-refractivity contribution is 5.88. The highest BCUT2D eigenvalue weighted by Gasteiger charge is 2.05. The van der Waals surface area contributed by atoms with Gasteiger partial charge in [-0.05, 0) is 12.5 Å². The van der Waals surface area contributed by atoms with Gasteiger partial charge < -0.3 is 10.1 Å². The average Bonchev–Trinajstić information content (AvgIpc) is 2.78. The summed E-state index contributed by atoms with van der Waals surface area (Å²) in [4.78, 5) is 11.3. The molecule has 0 spiro atoms. The number of carbonyl (C=O) groups is 1. The van der Waals surface area contributed by atoms with Gasteiger partial charge in [0, 0.05) is 44.0 Å². The molecule has 1 N–H and O–H groups in total. The van der Waals surface area contributed by atoms with Gasteiger partial charge in [0.25, 0.3) is 0 Å². The van der Waals surface area contributed by atoms with Crippen molar-refractivity contribution in [3.63, 3.8) is 0 Å². The second-order valence-corrected chi connectivity index (χ2v) is 3.97. The van der Waals surface area contributed by atoms with Gasteiger partial charge in [0.05, 0.1) is 7.11 Å². The predicted octanol–water partition coefficient (Wildman–Crippen LogP) is 1.06. The van der Waals surface area contributed by atoms with Crippen molar-refractivity contribution in [3.8, 4) is 0 Å². The van der Waals surface area contributed by atoms with Crippen LogP contribution in [0.5, 0.6) is 0 Å². The molecule has 0 fully saturated rings. The molecule has 5 nitrogen and oxygen atoms in total. The molecule has 0 aliphatic heterocycles. The summed E-state index contributed by atoms with van der Waals surface area (Å²) >= 11 is 0. The molecule has 0 atom stereocenters. The molecule has 0 amide bonds. The van der Waals surface area contributed by atoms with Crippen LogP contribution in [0.3, 0.4) is 0 Å². The van der Waals surface area contributed by atoms with Crippen molar-refractivity contribution in [1.29, 1.82) is 0 Å². The summed E-state index contributed by atoms with van der Waals surface area (Å²) in [5.41, 5.74) is 1.90. The van der Waals surface area contributed by atoms with E-state index in [4.69, 9.17) is 0 Å². The highest BCUT2D eigenvalue weighted by Crippen LogP contribution is 2.02. The van der Waals surface area contributed by atoms with E-state index < -0.39 is 0 Å². The summed E-state index contributed by atoms with van der Waals surface area (Å²) in [6.07, 6.45) is 5.29. The van der Waals surface area contributed by atoms with E-state index in [1.807, 2.05) is 30.8 Å². The molecule has 0 saturated heterocycles. The standard InChI is InChI=1S/C13H21N3O2/c1-4-11(13(17)18-3)5-8-14-9-6-12-7-10-15-16(12)2/h5,7,10,14H,4,6,8-9H2,1-3H3.